The molecule has 1 saturated carbocycles. The van der Waals surface area contributed by atoms with Crippen LogP contribution in [0.5, 0.6) is 0 Å². The third-order valence-electron chi connectivity index (χ3n) is 3.70. The maximum absolute atomic E-state index is 12.3. The largest absolute Gasteiger partial charge is 0.276 e. The fraction of sp³-hybridized carbons (Fsp3) is 0.462. The number of nitrogens with one attached hydrogen (secondary N) is 2. The molecule has 0 bridgehead atoms. The van der Waals surface area contributed by atoms with Gasteiger partial charge in [0.2, 0.25) is 10.0 Å². The first kappa shape index (κ1) is 12.5. The van der Waals surface area contributed by atoms with Crippen molar-refractivity contribution in [3.63, 3.8) is 0 Å². The van der Waals surface area contributed by atoms with E-state index < -0.39 is 10.0 Å². The molecule has 0 saturated heterocycles. The van der Waals surface area contributed by atoms with Crippen molar-refractivity contribution in [3.05, 3.63) is 24.3 Å². The maximum Gasteiger partial charge on any atom is 0.236 e. The van der Waals surface area contributed by atoms with Crippen LogP contribution in [0.3, 0.4) is 0 Å². The third-order valence-corrected chi connectivity index (χ3v) is 5.53. The SMILES string of the molecule is O=S(=O)(Nc1n[nH]c2ccccc12)C1CCCCC1. The number of nitrogens with zero attached hydrogens (tertiary/aromatic N) is 1. The first-order valence-electron chi connectivity index (χ1n) is 6.61. The normalized spacial score (nSPS) is 17.7. The van der Waals surface area contributed by atoms with Gasteiger partial charge in [0, 0.05) is 5.39 Å². The van der Waals surface area contributed by atoms with E-state index in [1.165, 1.54) is 0 Å². The second kappa shape index (κ2) is 4.85. The molecule has 0 radical (unpaired) electrons. The number of benzene rings is 1. The van der Waals surface area contributed by atoms with E-state index in [0.717, 1.165) is 43.0 Å². The van der Waals surface area contributed by atoms with Crippen LogP contribution in [0.15, 0.2) is 24.3 Å². The number of para-hydroxylation sites is 1. The smallest absolute Gasteiger partial charge is 0.236 e. The van der Waals surface area contributed by atoms with E-state index in [1.807, 2.05) is 24.3 Å². The van der Waals surface area contributed by atoms with Crippen molar-refractivity contribution < 1.29 is 8.42 Å². The highest BCUT2D eigenvalue weighted by atomic mass is 32.2. The van der Waals surface area contributed by atoms with Crippen molar-refractivity contribution in [1.82, 2.24) is 10.2 Å². The number of aromatic nitrogens is 2. The first-order valence-corrected chi connectivity index (χ1v) is 8.16. The Balaban J connectivity index is 1.87. The van der Waals surface area contributed by atoms with E-state index in [9.17, 15) is 8.42 Å². The summed E-state index contributed by atoms with van der Waals surface area (Å²) >= 11 is 0. The predicted molar refractivity (Wildman–Crippen MR) is 75.5 cm³/mol. The van der Waals surface area contributed by atoms with Crippen molar-refractivity contribution in [3.8, 4) is 0 Å². The fourth-order valence-corrected chi connectivity index (χ4v) is 4.18. The topological polar surface area (TPSA) is 74.8 Å². The molecule has 2 aromatic rings. The van der Waals surface area contributed by atoms with Crippen molar-refractivity contribution in [2.75, 3.05) is 4.72 Å². The second-order valence-electron chi connectivity index (χ2n) is 5.02. The Morgan fingerprint density at radius 1 is 1.16 bits per heavy atom. The minimum absolute atomic E-state index is 0.281. The van der Waals surface area contributed by atoms with Crippen molar-refractivity contribution in [2.24, 2.45) is 0 Å². The van der Waals surface area contributed by atoms with E-state index >= 15 is 0 Å². The lowest BCUT2D eigenvalue weighted by Crippen LogP contribution is -2.29. The van der Waals surface area contributed by atoms with Crippen LogP contribution in [0.2, 0.25) is 0 Å². The van der Waals surface area contributed by atoms with Crippen molar-refractivity contribution >= 4 is 26.7 Å². The van der Waals surface area contributed by atoms with E-state index in [0.29, 0.717) is 5.82 Å². The van der Waals surface area contributed by atoms with Gasteiger partial charge in [-0.15, -0.1) is 0 Å². The summed E-state index contributed by atoms with van der Waals surface area (Å²) in [5, 5.41) is 7.42. The fourth-order valence-electron chi connectivity index (χ4n) is 2.63. The summed E-state index contributed by atoms with van der Waals surface area (Å²) in [5.74, 6) is 0.404. The predicted octanol–water partition coefficient (Wildman–Crippen LogP) is 2.64. The number of hydrogen-bond acceptors (Lipinski definition) is 3. The molecule has 1 aliphatic carbocycles. The van der Waals surface area contributed by atoms with Crippen molar-refractivity contribution in [2.45, 2.75) is 37.4 Å². The van der Waals surface area contributed by atoms with Gasteiger partial charge in [-0.1, -0.05) is 31.4 Å². The number of rotatable bonds is 3. The minimum Gasteiger partial charge on any atom is -0.276 e. The summed E-state index contributed by atoms with van der Waals surface area (Å²) in [6.45, 7) is 0. The maximum atomic E-state index is 12.3. The zero-order chi connectivity index (χ0) is 13.3. The second-order valence-corrected chi connectivity index (χ2v) is 6.99. The number of anilines is 1. The van der Waals surface area contributed by atoms with Crippen LogP contribution in [0.1, 0.15) is 32.1 Å². The summed E-state index contributed by atoms with van der Waals surface area (Å²) < 4.78 is 27.3. The lowest BCUT2D eigenvalue weighted by Gasteiger charge is -2.21. The average molecular weight is 279 g/mol. The van der Waals surface area contributed by atoms with Gasteiger partial charge in [0.05, 0.1) is 10.8 Å². The molecular weight excluding hydrogens is 262 g/mol. The summed E-state index contributed by atoms with van der Waals surface area (Å²) in [6, 6.07) is 7.49. The monoisotopic (exact) mass is 279 g/mol. The number of hydrogen-bond donors (Lipinski definition) is 2. The molecule has 3 rings (SSSR count). The molecule has 0 amide bonds. The molecule has 5 nitrogen and oxygen atoms in total. The lowest BCUT2D eigenvalue weighted by molar-refractivity contribution is 0.486. The highest BCUT2D eigenvalue weighted by Gasteiger charge is 2.28. The van der Waals surface area contributed by atoms with Gasteiger partial charge in [0.25, 0.3) is 0 Å². The molecular formula is C13H17N3O2S. The van der Waals surface area contributed by atoms with E-state index in [1.54, 1.807) is 0 Å². The Bertz CT molecular complexity index is 672. The van der Waals surface area contributed by atoms with E-state index in [4.69, 9.17) is 0 Å². The van der Waals surface area contributed by atoms with Crippen LogP contribution >= 0.6 is 0 Å². The van der Waals surface area contributed by atoms with Gasteiger partial charge in [-0.05, 0) is 25.0 Å². The zero-order valence-electron chi connectivity index (χ0n) is 10.6. The molecule has 2 N–H and O–H groups in total. The standard InChI is InChI=1S/C13H17N3O2S/c17-19(18,10-6-2-1-3-7-10)16-13-11-8-4-5-9-12(11)14-15-13/h4-5,8-10H,1-3,6-7H2,(H2,14,15,16). The zero-order valence-corrected chi connectivity index (χ0v) is 11.4. The summed E-state index contributed by atoms with van der Waals surface area (Å²) in [4.78, 5) is 0. The molecule has 1 aromatic carbocycles. The van der Waals surface area contributed by atoms with Crippen LogP contribution in [-0.4, -0.2) is 23.9 Å². The van der Waals surface area contributed by atoms with E-state index in [2.05, 4.69) is 14.9 Å². The van der Waals surface area contributed by atoms with Crippen LogP contribution in [0.4, 0.5) is 5.82 Å². The molecule has 1 heterocycles. The van der Waals surface area contributed by atoms with Gasteiger partial charge >= 0.3 is 0 Å². The molecule has 0 aliphatic heterocycles. The molecule has 1 fully saturated rings. The van der Waals surface area contributed by atoms with Gasteiger partial charge in [-0.3, -0.25) is 9.82 Å². The minimum atomic E-state index is -3.33. The highest BCUT2D eigenvalue weighted by Crippen LogP contribution is 2.27. The summed E-state index contributed by atoms with van der Waals surface area (Å²) in [6.07, 6.45) is 4.62. The van der Waals surface area contributed by atoms with E-state index in [-0.39, 0.29) is 5.25 Å². The molecule has 0 unspecified atom stereocenters. The molecule has 102 valence electrons. The van der Waals surface area contributed by atoms with Crippen molar-refractivity contribution in [1.29, 1.82) is 0 Å². The average Bonchev–Trinajstić information content (AvgIpc) is 2.83. The van der Waals surface area contributed by atoms with Gasteiger partial charge in [-0.2, -0.15) is 5.10 Å². The van der Waals surface area contributed by atoms with Gasteiger partial charge in [-0.25, -0.2) is 8.42 Å². The van der Waals surface area contributed by atoms with Crippen LogP contribution < -0.4 is 4.72 Å². The molecule has 19 heavy (non-hydrogen) atoms. The highest BCUT2D eigenvalue weighted by molar-refractivity contribution is 7.93. The molecule has 0 atom stereocenters. The number of fused-ring (bicyclic) bond motifs is 1. The summed E-state index contributed by atoms with van der Waals surface area (Å²) in [5.41, 5.74) is 0.837. The number of sulfonamides is 1. The third kappa shape index (κ3) is 2.45. The molecule has 1 aliphatic rings. The van der Waals surface area contributed by atoms with Crippen LogP contribution in [-0.2, 0) is 10.0 Å². The van der Waals surface area contributed by atoms with Gasteiger partial charge < -0.3 is 0 Å². The number of aromatic amines is 1. The Morgan fingerprint density at radius 3 is 2.68 bits per heavy atom. The summed E-state index contributed by atoms with van der Waals surface area (Å²) in [7, 11) is -3.33. The molecule has 6 heteroatoms. The first-order chi connectivity index (χ1) is 9.17. The Hall–Kier alpha value is -1.56. The van der Waals surface area contributed by atoms with Gasteiger partial charge in [0.15, 0.2) is 5.82 Å². The number of H-pyrrole nitrogens is 1. The quantitative estimate of drug-likeness (QED) is 0.907. The van der Waals surface area contributed by atoms with Crippen LogP contribution in [0, 0.1) is 0 Å². The Morgan fingerprint density at radius 2 is 1.89 bits per heavy atom. The molecule has 0 spiro atoms. The Labute approximate surface area is 112 Å². The molecule has 1 aromatic heterocycles. The van der Waals surface area contributed by atoms with Crippen LogP contribution in [0.25, 0.3) is 10.9 Å². The Kier molecular flexibility index (Phi) is 3.18. The lowest BCUT2D eigenvalue weighted by atomic mass is 10.0. The van der Waals surface area contributed by atoms with Gasteiger partial charge in [0.1, 0.15) is 0 Å².